The molecule has 1 atom stereocenters. The van der Waals surface area contributed by atoms with E-state index in [1.165, 1.54) is 0 Å². The fraction of sp³-hybridized carbons (Fsp3) is 0.250. The van der Waals surface area contributed by atoms with E-state index in [4.69, 9.17) is 4.74 Å². The summed E-state index contributed by atoms with van der Waals surface area (Å²) in [6.45, 7) is 2.02. The van der Waals surface area contributed by atoms with Gasteiger partial charge in [-0.15, -0.1) is 0 Å². The first-order valence-corrected chi connectivity index (χ1v) is 7.86. The van der Waals surface area contributed by atoms with Crippen molar-refractivity contribution in [3.63, 3.8) is 0 Å². The predicted molar refractivity (Wildman–Crippen MR) is 88.2 cm³/mol. The summed E-state index contributed by atoms with van der Waals surface area (Å²) in [6, 6.07) is 11.8. The number of hydrogen-bond acceptors (Lipinski definition) is 2. The Morgan fingerprint density at radius 3 is 2.50 bits per heavy atom. The molecular formula is C16H16Br2O2. The molecule has 0 spiro atoms. The molecule has 0 bridgehead atoms. The van der Waals surface area contributed by atoms with E-state index >= 15 is 0 Å². The lowest BCUT2D eigenvalue weighted by Crippen LogP contribution is -2.02. The Hall–Kier alpha value is -0.840. The van der Waals surface area contributed by atoms with Gasteiger partial charge in [-0.1, -0.05) is 28.1 Å². The molecule has 0 amide bonds. The molecule has 2 aromatic carbocycles. The first-order chi connectivity index (χ1) is 9.49. The summed E-state index contributed by atoms with van der Waals surface area (Å²) < 4.78 is 7.09. The van der Waals surface area contributed by atoms with Crippen molar-refractivity contribution >= 4 is 31.9 Å². The fourth-order valence-electron chi connectivity index (χ4n) is 2.13. The van der Waals surface area contributed by atoms with Crippen molar-refractivity contribution < 1.29 is 9.84 Å². The van der Waals surface area contributed by atoms with Gasteiger partial charge in [0, 0.05) is 10.9 Å². The van der Waals surface area contributed by atoms with Crippen LogP contribution >= 0.6 is 31.9 Å². The fourth-order valence-corrected chi connectivity index (χ4v) is 3.35. The van der Waals surface area contributed by atoms with Crippen LogP contribution in [0.2, 0.25) is 0 Å². The molecule has 0 radical (unpaired) electrons. The van der Waals surface area contributed by atoms with Crippen LogP contribution in [-0.4, -0.2) is 12.2 Å². The molecule has 0 fully saturated rings. The molecule has 0 saturated heterocycles. The van der Waals surface area contributed by atoms with Gasteiger partial charge in [0.15, 0.2) is 0 Å². The second-order valence-corrected chi connectivity index (χ2v) is 6.52. The largest absolute Gasteiger partial charge is 0.496 e. The molecule has 4 heteroatoms. The molecule has 0 aliphatic rings. The van der Waals surface area contributed by atoms with Gasteiger partial charge in [-0.3, -0.25) is 0 Å². The molecule has 0 aromatic heterocycles. The lowest BCUT2D eigenvalue weighted by Gasteiger charge is -2.13. The van der Waals surface area contributed by atoms with Gasteiger partial charge in [0.25, 0.3) is 0 Å². The Balaban J connectivity index is 2.18. The number of benzene rings is 2. The Bertz CT molecular complexity index is 591. The van der Waals surface area contributed by atoms with Crippen LogP contribution < -0.4 is 4.74 Å². The summed E-state index contributed by atoms with van der Waals surface area (Å²) in [5.74, 6) is 0.793. The highest BCUT2D eigenvalue weighted by Gasteiger charge is 2.11. The zero-order valence-electron chi connectivity index (χ0n) is 11.4. The summed E-state index contributed by atoms with van der Waals surface area (Å²) in [5, 5.41) is 10.4. The maximum Gasteiger partial charge on any atom is 0.133 e. The molecule has 0 aliphatic carbocycles. The van der Waals surface area contributed by atoms with Crippen molar-refractivity contribution in [2.45, 2.75) is 19.4 Å². The number of aliphatic hydroxyl groups excluding tert-OH is 1. The molecule has 0 aliphatic heterocycles. The first kappa shape index (κ1) is 15.5. The van der Waals surface area contributed by atoms with Gasteiger partial charge in [-0.2, -0.15) is 0 Å². The summed E-state index contributed by atoms with van der Waals surface area (Å²) in [5.41, 5.74) is 3.11. The van der Waals surface area contributed by atoms with E-state index in [0.717, 1.165) is 31.4 Å². The van der Waals surface area contributed by atoms with Crippen LogP contribution in [0.1, 0.15) is 22.8 Å². The van der Waals surface area contributed by atoms with Crippen LogP contribution in [0.3, 0.4) is 0 Å². The number of aliphatic hydroxyl groups is 1. The van der Waals surface area contributed by atoms with Gasteiger partial charge < -0.3 is 9.84 Å². The average Bonchev–Trinajstić information content (AvgIpc) is 2.37. The molecule has 0 heterocycles. The summed E-state index contributed by atoms with van der Waals surface area (Å²) in [7, 11) is 1.64. The minimum atomic E-state index is -0.522. The van der Waals surface area contributed by atoms with Crippen molar-refractivity contribution in [2.24, 2.45) is 0 Å². The average molecular weight is 400 g/mol. The van der Waals surface area contributed by atoms with Gasteiger partial charge in [-0.05, 0) is 63.8 Å². The Morgan fingerprint density at radius 2 is 1.90 bits per heavy atom. The molecule has 1 unspecified atom stereocenters. The van der Waals surface area contributed by atoms with Crippen molar-refractivity contribution in [3.05, 3.63) is 62.0 Å². The highest BCUT2D eigenvalue weighted by atomic mass is 79.9. The maximum atomic E-state index is 10.4. The van der Waals surface area contributed by atoms with Crippen LogP contribution in [0, 0.1) is 6.92 Å². The Labute approximate surface area is 136 Å². The zero-order chi connectivity index (χ0) is 14.7. The monoisotopic (exact) mass is 398 g/mol. The van der Waals surface area contributed by atoms with E-state index in [9.17, 15) is 5.11 Å². The Morgan fingerprint density at radius 1 is 1.15 bits per heavy atom. The van der Waals surface area contributed by atoms with Crippen LogP contribution in [0.15, 0.2) is 45.3 Å². The normalized spacial score (nSPS) is 12.2. The van der Waals surface area contributed by atoms with E-state index in [1.54, 1.807) is 7.11 Å². The summed E-state index contributed by atoms with van der Waals surface area (Å²) >= 11 is 6.92. The second kappa shape index (κ2) is 6.74. The number of ether oxygens (including phenoxy) is 1. The molecule has 2 rings (SSSR count). The second-order valence-electron chi connectivity index (χ2n) is 4.75. The highest BCUT2D eigenvalue weighted by molar-refractivity contribution is 9.10. The number of halogens is 2. The third-order valence-corrected chi connectivity index (χ3v) is 4.17. The third-order valence-electron chi connectivity index (χ3n) is 3.09. The van der Waals surface area contributed by atoms with E-state index < -0.39 is 6.10 Å². The SMILES string of the molecule is COc1ccc(CC(O)c2cc(C)cc(Br)c2)cc1Br. The molecule has 0 saturated carbocycles. The minimum absolute atomic E-state index is 0.522. The van der Waals surface area contributed by atoms with Crippen LogP contribution in [0.4, 0.5) is 0 Å². The van der Waals surface area contributed by atoms with Crippen LogP contribution in [0.25, 0.3) is 0 Å². The smallest absolute Gasteiger partial charge is 0.133 e. The number of rotatable bonds is 4. The molecule has 1 N–H and O–H groups in total. The standard InChI is InChI=1S/C16H16Br2O2/c1-10-5-12(9-13(17)6-10)15(19)8-11-3-4-16(20-2)14(18)7-11/h3-7,9,15,19H,8H2,1-2H3. The topological polar surface area (TPSA) is 29.5 Å². The highest BCUT2D eigenvalue weighted by Crippen LogP contribution is 2.28. The molecule has 106 valence electrons. The summed E-state index contributed by atoms with van der Waals surface area (Å²) in [6.07, 6.45) is 0.0462. The van der Waals surface area contributed by atoms with E-state index in [0.29, 0.717) is 6.42 Å². The van der Waals surface area contributed by atoms with Gasteiger partial charge >= 0.3 is 0 Å². The van der Waals surface area contributed by atoms with Gasteiger partial charge in [0.05, 0.1) is 17.7 Å². The van der Waals surface area contributed by atoms with Crippen LogP contribution in [0.5, 0.6) is 5.75 Å². The lowest BCUT2D eigenvalue weighted by molar-refractivity contribution is 0.178. The third kappa shape index (κ3) is 3.84. The van der Waals surface area contributed by atoms with Crippen molar-refractivity contribution in [1.82, 2.24) is 0 Å². The van der Waals surface area contributed by atoms with Crippen molar-refractivity contribution in [2.75, 3.05) is 7.11 Å². The zero-order valence-corrected chi connectivity index (χ0v) is 14.5. The molecule has 20 heavy (non-hydrogen) atoms. The van der Waals surface area contributed by atoms with E-state index in [1.807, 2.05) is 43.3 Å². The number of methoxy groups -OCH3 is 1. The number of hydrogen-bond donors (Lipinski definition) is 1. The Kier molecular flexibility index (Phi) is 5.24. The van der Waals surface area contributed by atoms with Crippen molar-refractivity contribution in [3.8, 4) is 5.75 Å². The number of aryl methyl sites for hydroxylation is 1. The lowest BCUT2D eigenvalue weighted by atomic mass is 10.00. The maximum absolute atomic E-state index is 10.4. The predicted octanol–water partition coefficient (Wildman–Crippen LogP) is 4.80. The quantitative estimate of drug-likeness (QED) is 0.799. The van der Waals surface area contributed by atoms with Crippen LogP contribution in [-0.2, 0) is 6.42 Å². The first-order valence-electron chi connectivity index (χ1n) is 6.27. The summed E-state index contributed by atoms with van der Waals surface area (Å²) in [4.78, 5) is 0. The molecule has 2 aromatic rings. The van der Waals surface area contributed by atoms with E-state index in [2.05, 4.69) is 31.9 Å². The van der Waals surface area contributed by atoms with Gasteiger partial charge in [0.2, 0.25) is 0 Å². The van der Waals surface area contributed by atoms with Crippen molar-refractivity contribution in [1.29, 1.82) is 0 Å². The molecule has 2 nitrogen and oxygen atoms in total. The van der Waals surface area contributed by atoms with Gasteiger partial charge in [-0.25, -0.2) is 0 Å². The van der Waals surface area contributed by atoms with E-state index in [-0.39, 0.29) is 0 Å². The molecular weight excluding hydrogens is 384 g/mol. The minimum Gasteiger partial charge on any atom is -0.496 e. The van der Waals surface area contributed by atoms with Gasteiger partial charge in [0.1, 0.15) is 5.75 Å².